The fraction of sp³-hybridized carbons (Fsp3) is 0. The Kier molecular flexibility index (Phi) is 6.54. The topological polar surface area (TPSA) is 3.24 Å². The van der Waals surface area contributed by atoms with Crippen LogP contribution in [0.3, 0.4) is 0 Å². The van der Waals surface area contributed by atoms with Crippen LogP contribution in [0.2, 0.25) is 0 Å². The molecule has 0 fully saturated rings. The van der Waals surface area contributed by atoms with E-state index in [1.54, 1.807) is 0 Å². The van der Waals surface area contributed by atoms with Crippen molar-refractivity contribution in [3.05, 3.63) is 188 Å². The summed E-state index contributed by atoms with van der Waals surface area (Å²) in [6, 6.07) is 68.2. The fourth-order valence-corrected chi connectivity index (χ4v) is 7.10. The molecule has 1 nitrogen and oxygen atoms in total. The third-order valence-corrected chi connectivity index (χ3v) is 9.40. The van der Waals surface area contributed by atoms with Gasteiger partial charge in [0.05, 0.1) is 5.69 Å². The van der Waals surface area contributed by atoms with Crippen molar-refractivity contribution in [2.24, 2.45) is 0 Å². The van der Waals surface area contributed by atoms with Gasteiger partial charge in [-0.1, -0.05) is 146 Å². The molecule has 0 heterocycles. The highest BCUT2D eigenvalue weighted by molar-refractivity contribution is 6.14. The van der Waals surface area contributed by atoms with E-state index in [0.29, 0.717) is 0 Å². The van der Waals surface area contributed by atoms with E-state index in [4.69, 9.17) is 0 Å². The molecule has 0 atom stereocenters. The molecule has 0 bridgehead atoms. The molecule has 0 saturated carbocycles. The van der Waals surface area contributed by atoms with Crippen LogP contribution in [0.4, 0.5) is 17.1 Å². The molecule has 0 aliphatic carbocycles. The zero-order valence-electron chi connectivity index (χ0n) is 25.8. The van der Waals surface area contributed by atoms with Gasteiger partial charge in [0.2, 0.25) is 0 Å². The number of benzene rings is 9. The van der Waals surface area contributed by atoms with Crippen LogP contribution in [0.5, 0.6) is 0 Å². The van der Waals surface area contributed by atoms with Crippen molar-refractivity contribution in [1.82, 2.24) is 0 Å². The SMILES string of the molecule is c1ccc(N(c2ccc(-c3ccc4ccc(-c5cccc6ccccc56)cc4c3)cc2)c2cc3ccccc3c3ccccc23)cc1. The lowest BCUT2D eigenvalue weighted by Crippen LogP contribution is -2.10. The summed E-state index contributed by atoms with van der Waals surface area (Å²) in [6.45, 7) is 0. The van der Waals surface area contributed by atoms with E-state index < -0.39 is 0 Å². The lowest BCUT2D eigenvalue weighted by molar-refractivity contribution is 1.30. The lowest BCUT2D eigenvalue weighted by atomic mass is 9.95. The largest absolute Gasteiger partial charge is 0.310 e. The average Bonchev–Trinajstić information content (AvgIpc) is 3.15. The monoisotopic (exact) mass is 597 g/mol. The summed E-state index contributed by atoms with van der Waals surface area (Å²) in [5, 5.41) is 10.0. The molecule has 1 heteroatoms. The molecule has 0 radical (unpaired) electrons. The van der Waals surface area contributed by atoms with Crippen LogP contribution < -0.4 is 4.90 Å². The van der Waals surface area contributed by atoms with Gasteiger partial charge in [-0.3, -0.25) is 0 Å². The van der Waals surface area contributed by atoms with Crippen molar-refractivity contribution in [2.75, 3.05) is 4.90 Å². The summed E-state index contributed by atoms with van der Waals surface area (Å²) in [5.74, 6) is 0. The molecule has 47 heavy (non-hydrogen) atoms. The highest BCUT2D eigenvalue weighted by Gasteiger charge is 2.17. The Labute approximate surface area is 274 Å². The first-order chi connectivity index (χ1) is 23.3. The second kappa shape index (κ2) is 11.3. The maximum atomic E-state index is 2.38. The fourth-order valence-electron chi connectivity index (χ4n) is 7.10. The Morgan fingerprint density at radius 3 is 1.66 bits per heavy atom. The van der Waals surface area contributed by atoms with Crippen LogP contribution in [0, 0.1) is 0 Å². The van der Waals surface area contributed by atoms with Crippen LogP contribution in [0.15, 0.2) is 188 Å². The van der Waals surface area contributed by atoms with Gasteiger partial charge in [-0.2, -0.15) is 0 Å². The molecule has 0 aliphatic rings. The number of hydrogen-bond acceptors (Lipinski definition) is 1. The summed E-state index contributed by atoms with van der Waals surface area (Å²) in [5.41, 5.74) is 8.34. The number of rotatable bonds is 5. The van der Waals surface area contributed by atoms with E-state index in [0.717, 1.165) is 11.4 Å². The smallest absolute Gasteiger partial charge is 0.0546 e. The molecule has 0 aromatic heterocycles. The Morgan fingerprint density at radius 2 is 0.851 bits per heavy atom. The van der Waals surface area contributed by atoms with Crippen LogP contribution in [0.1, 0.15) is 0 Å². The molecule has 0 aliphatic heterocycles. The molecular weight excluding hydrogens is 567 g/mol. The van der Waals surface area contributed by atoms with Crippen molar-refractivity contribution in [3.8, 4) is 22.3 Å². The summed E-state index contributed by atoms with van der Waals surface area (Å²) in [4.78, 5) is 2.38. The van der Waals surface area contributed by atoms with Gasteiger partial charge in [0, 0.05) is 16.8 Å². The molecule has 9 rings (SSSR count). The Morgan fingerprint density at radius 1 is 0.277 bits per heavy atom. The Bertz CT molecular complexity index is 2560. The molecule has 9 aromatic carbocycles. The van der Waals surface area contributed by atoms with E-state index in [2.05, 4.69) is 193 Å². The summed E-state index contributed by atoms with van der Waals surface area (Å²) in [6.07, 6.45) is 0. The Hall–Kier alpha value is -6.18. The van der Waals surface area contributed by atoms with E-state index in [9.17, 15) is 0 Å². The van der Waals surface area contributed by atoms with Gasteiger partial charge in [0.15, 0.2) is 0 Å². The first-order valence-corrected chi connectivity index (χ1v) is 16.2. The van der Waals surface area contributed by atoms with Crippen molar-refractivity contribution < 1.29 is 0 Å². The van der Waals surface area contributed by atoms with E-state index in [-0.39, 0.29) is 0 Å². The van der Waals surface area contributed by atoms with Gasteiger partial charge < -0.3 is 4.90 Å². The maximum Gasteiger partial charge on any atom is 0.0546 e. The molecule has 0 N–H and O–H groups in total. The van der Waals surface area contributed by atoms with Gasteiger partial charge in [-0.25, -0.2) is 0 Å². The summed E-state index contributed by atoms with van der Waals surface area (Å²) < 4.78 is 0. The highest BCUT2D eigenvalue weighted by atomic mass is 15.1. The van der Waals surface area contributed by atoms with Crippen molar-refractivity contribution in [1.29, 1.82) is 0 Å². The molecule has 0 unspecified atom stereocenters. The summed E-state index contributed by atoms with van der Waals surface area (Å²) >= 11 is 0. The quantitative estimate of drug-likeness (QED) is 0.178. The molecule has 220 valence electrons. The van der Waals surface area contributed by atoms with E-state index in [1.165, 1.54) is 71.0 Å². The van der Waals surface area contributed by atoms with Crippen LogP contribution >= 0.6 is 0 Å². The third-order valence-electron chi connectivity index (χ3n) is 9.40. The van der Waals surface area contributed by atoms with Gasteiger partial charge in [0.1, 0.15) is 0 Å². The van der Waals surface area contributed by atoms with Crippen molar-refractivity contribution >= 4 is 60.2 Å². The lowest BCUT2D eigenvalue weighted by Gasteiger charge is -2.27. The molecule has 0 amide bonds. The molecule has 0 saturated heterocycles. The molecular formula is C46H31N. The van der Waals surface area contributed by atoms with E-state index in [1.807, 2.05) is 0 Å². The number of para-hydroxylation sites is 1. The summed E-state index contributed by atoms with van der Waals surface area (Å²) in [7, 11) is 0. The zero-order chi connectivity index (χ0) is 31.2. The first kappa shape index (κ1) is 27.2. The van der Waals surface area contributed by atoms with Gasteiger partial charge in [0.25, 0.3) is 0 Å². The standard InChI is InChI=1S/C46H31N/c1-2-14-39(15-3-1)47(46-31-36-12-5-7-17-43(36)44-18-8-9-19-45(44)46)40-27-25-32(26-28-40)35-23-21-33-22-24-37(30-38(33)29-35)42-20-10-13-34-11-4-6-16-41(34)42/h1-31H. The number of nitrogens with zero attached hydrogens (tertiary/aromatic N) is 1. The van der Waals surface area contributed by atoms with Crippen molar-refractivity contribution in [3.63, 3.8) is 0 Å². The van der Waals surface area contributed by atoms with E-state index >= 15 is 0 Å². The first-order valence-electron chi connectivity index (χ1n) is 16.2. The minimum Gasteiger partial charge on any atom is -0.310 e. The van der Waals surface area contributed by atoms with Crippen LogP contribution in [-0.4, -0.2) is 0 Å². The second-order valence-electron chi connectivity index (χ2n) is 12.2. The number of anilines is 3. The maximum absolute atomic E-state index is 2.38. The van der Waals surface area contributed by atoms with Crippen molar-refractivity contribution in [2.45, 2.75) is 0 Å². The third kappa shape index (κ3) is 4.81. The zero-order valence-corrected chi connectivity index (χ0v) is 25.8. The van der Waals surface area contributed by atoms with Gasteiger partial charge >= 0.3 is 0 Å². The van der Waals surface area contributed by atoms with Gasteiger partial charge in [-0.05, 0) is 102 Å². The Balaban J connectivity index is 1.14. The van der Waals surface area contributed by atoms with Gasteiger partial charge in [-0.15, -0.1) is 0 Å². The van der Waals surface area contributed by atoms with Crippen LogP contribution in [-0.2, 0) is 0 Å². The second-order valence-corrected chi connectivity index (χ2v) is 12.2. The number of fused-ring (bicyclic) bond motifs is 5. The minimum atomic E-state index is 1.12. The average molecular weight is 598 g/mol. The predicted molar refractivity (Wildman–Crippen MR) is 202 cm³/mol. The normalized spacial score (nSPS) is 11.4. The number of hydrogen-bond donors (Lipinski definition) is 0. The minimum absolute atomic E-state index is 1.12. The predicted octanol–water partition coefficient (Wildman–Crippen LogP) is 13.1. The molecule has 9 aromatic rings. The van der Waals surface area contributed by atoms with Crippen LogP contribution in [0.25, 0.3) is 65.3 Å². The molecule has 0 spiro atoms. The highest BCUT2D eigenvalue weighted by Crippen LogP contribution is 2.42.